The summed E-state index contributed by atoms with van der Waals surface area (Å²) in [6.45, 7) is 7.37. The van der Waals surface area contributed by atoms with Crippen LogP contribution in [-0.4, -0.2) is 32.2 Å². The second-order valence-corrected chi connectivity index (χ2v) is 5.17. The Kier molecular flexibility index (Phi) is 4.43. The van der Waals surface area contributed by atoms with Crippen LogP contribution in [0.1, 0.15) is 25.3 Å². The standard InChI is InChI=1S/C15H22N2O2/c1-11(12(2)15(16)18)13-3-5-14(6-4-13)17-7-9-19-10-8-17/h3-6,11-12H,7-10H2,1-2H3,(H2,16,18)/t11-,12?/m0/s1. The quantitative estimate of drug-likeness (QED) is 0.899. The van der Waals surface area contributed by atoms with Crippen molar-refractivity contribution in [3.63, 3.8) is 0 Å². The molecule has 2 atom stereocenters. The van der Waals surface area contributed by atoms with Crippen LogP contribution in [0, 0.1) is 5.92 Å². The SMILES string of the molecule is CC(C(N)=O)[C@H](C)c1ccc(N2CCOCC2)cc1. The first kappa shape index (κ1) is 13.9. The van der Waals surface area contributed by atoms with E-state index in [0.29, 0.717) is 0 Å². The lowest BCUT2D eigenvalue weighted by Gasteiger charge is -2.29. The van der Waals surface area contributed by atoms with Crippen LogP contribution < -0.4 is 10.6 Å². The van der Waals surface area contributed by atoms with Gasteiger partial charge in [-0.05, 0) is 23.6 Å². The molecular formula is C15H22N2O2. The Hall–Kier alpha value is -1.55. The second-order valence-electron chi connectivity index (χ2n) is 5.17. The molecule has 1 fully saturated rings. The molecule has 1 heterocycles. The van der Waals surface area contributed by atoms with E-state index in [4.69, 9.17) is 10.5 Å². The van der Waals surface area contributed by atoms with Crippen LogP contribution >= 0.6 is 0 Å². The minimum Gasteiger partial charge on any atom is -0.378 e. The van der Waals surface area contributed by atoms with E-state index >= 15 is 0 Å². The first-order valence-corrected chi connectivity index (χ1v) is 6.81. The lowest BCUT2D eigenvalue weighted by molar-refractivity contribution is -0.121. The van der Waals surface area contributed by atoms with E-state index in [-0.39, 0.29) is 17.7 Å². The number of carbonyl (C=O) groups excluding carboxylic acids is 1. The fourth-order valence-electron chi connectivity index (χ4n) is 2.35. The Morgan fingerprint density at radius 1 is 1.21 bits per heavy atom. The highest BCUT2D eigenvalue weighted by molar-refractivity contribution is 5.77. The monoisotopic (exact) mass is 262 g/mol. The third kappa shape index (κ3) is 3.26. The Balaban J connectivity index is 2.07. The van der Waals surface area contributed by atoms with Crippen LogP contribution in [-0.2, 0) is 9.53 Å². The summed E-state index contributed by atoms with van der Waals surface area (Å²) in [6.07, 6.45) is 0. The van der Waals surface area contributed by atoms with Gasteiger partial charge in [-0.3, -0.25) is 4.79 Å². The first-order valence-electron chi connectivity index (χ1n) is 6.81. The molecule has 0 saturated carbocycles. The topological polar surface area (TPSA) is 55.6 Å². The number of ether oxygens (including phenoxy) is 1. The lowest BCUT2D eigenvalue weighted by Crippen LogP contribution is -2.36. The summed E-state index contributed by atoms with van der Waals surface area (Å²) in [5.41, 5.74) is 7.73. The number of benzene rings is 1. The summed E-state index contributed by atoms with van der Waals surface area (Å²) in [4.78, 5) is 13.5. The summed E-state index contributed by atoms with van der Waals surface area (Å²) < 4.78 is 5.35. The fraction of sp³-hybridized carbons (Fsp3) is 0.533. The van der Waals surface area contributed by atoms with Crippen molar-refractivity contribution in [1.29, 1.82) is 0 Å². The van der Waals surface area contributed by atoms with Gasteiger partial charge in [-0.15, -0.1) is 0 Å². The van der Waals surface area contributed by atoms with Crippen LogP contribution in [0.2, 0.25) is 0 Å². The molecule has 1 aromatic carbocycles. The average Bonchev–Trinajstić information content (AvgIpc) is 2.46. The number of nitrogens with zero attached hydrogens (tertiary/aromatic N) is 1. The zero-order chi connectivity index (χ0) is 13.8. The van der Waals surface area contributed by atoms with Crippen molar-refractivity contribution in [3.05, 3.63) is 29.8 Å². The Morgan fingerprint density at radius 2 is 1.79 bits per heavy atom. The smallest absolute Gasteiger partial charge is 0.220 e. The predicted octanol–water partition coefficient (Wildman–Crippen LogP) is 1.75. The highest BCUT2D eigenvalue weighted by Gasteiger charge is 2.19. The maximum absolute atomic E-state index is 11.2. The highest BCUT2D eigenvalue weighted by atomic mass is 16.5. The highest BCUT2D eigenvalue weighted by Crippen LogP contribution is 2.26. The minimum absolute atomic E-state index is 0.144. The van der Waals surface area contributed by atoms with Crippen molar-refractivity contribution in [2.45, 2.75) is 19.8 Å². The van der Waals surface area contributed by atoms with Crippen LogP contribution in [0.5, 0.6) is 0 Å². The maximum Gasteiger partial charge on any atom is 0.220 e. The Bertz CT molecular complexity index is 424. The third-order valence-corrected chi connectivity index (χ3v) is 3.99. The van der Waals surface area contributed by atoms with Gasteiger partial charge < -0.3 is 15.4 Å². The van der Waals surface area contributed by atoms with Gasteiger partial charge in [0.2, 0.25) is 5.91 Å². The zero-order valence-corrected chi connectivity index (χ0v) is 11.6. The van der Waals surface area contributed by atoms with Gasteiger partial charge in [-0.1, -0.05) is 26.0 Å². The number of carbonyl (C=O) groups is 1. The van der Waals surface area contributed by atoms with Crippen LogP contribution in [0.4, 0.5) is 5.69 Å². The van der Waals surface area contributed by atoms with Gasteiger partial charge in [0, 0.05) is 24.7 Å². The van der Waals surface area contributed by atoms with E-state index in [0.717, 1.165) is 31.9 Å². The van der Waals surface area contributed by atoms with Gasteiger partial charge in [0.1, 0.15) is 0 Å². The second kappa shape index (κ2) is 6.06. The van der Waals surface area contributed by atoms with Gasteiger partial charge in [0.15, 0.2) is 0 Å². The number of amides is 1. The molecule has 4 nitrogen and oxygen atoms in total. The molecule has 0 radical (unpaired) electrons. The summed E-state index contributed by atoms with van der Waals surface area (Å²) in [6, 6.07) is 8.42. The zero-order valence-electron chi connectivity index (χ0n) is 11.6. The van der Waals surface area contributed by atoms with Crippen molar-refractivity contribution >= 4 is 11.6 Å². The van der Waals surface area contributed by atoms with Gasteiger partial charge >= 0.3 is 0 Å². The van der Waals surface area contributed by atoms with E-state index in [9.17, 15) is 4.79 Å². The summed E-state index contributed by atoms with van der Waals surface area (Å²) in [7, 11) is 0. The molecule has 1 saturated heterocycles. The van der Waals surface area contributed by atoms with E-state index in [1.165, 1.54) is 5.69 Å². The molecule has 2 rings (SSSR count). The van der Waals surface area contributed by atoms with Crippen molar-refractivity contribution in [1.82, 2.24) is 0 Å². The summed E-state index contributed by atoms with van der Waals surface area (Å²) >= 11 is 0. The fourth-order valence-corrected chi connectivity index (χ4v) is 2.35. The van der Waals surface area contributed by atoms with Crippen molar-refractivity contribution in [2.24, 2.45) is 11.7 Å². The van der Waals surface area contributed by atoms with Crippen LogP contribution in [0.25, 0.3) is 0 Å². The molecule has 1 amide bonds. The molecule has 0 spiro atoms. The van der Waals surface area contributed by atoms with Crippen molar-refractivity contribution in [2.75, 3.05) is 31.2 Å². The molecule has 19 heavy (non-hydrogen) atoms. The van der Waals surface area contributed by atoms with E-state index in [2.05, 4.69) is 29.2 Å². The molecule has 1 aromatic rings. The van der Waals surface area contributed by atoms with E-state index in [1.807, 2.05) is 13.8 Å². The molecule has 1 unspecified atom stereocenters. The molecule has 0 aliphatic carbocycles. The minimum atomic E-state index is -0.246. The number of hydrogen-bond acceptors (Lipinski definition) is 3. The van der Waals surface area contributed by atoms with Crippen LogP contribution in [0.15, 0.2) is 24.3 Å². The van der Waals surface area contributed by atoms with Gasteiger partial charge in [0.25, 0.3) is 0 Å². The molecule has 2 N–H and O–H groups in total. The summed E-state index contributed by atoms with van der Waals surface area (Å²) in [5, 5.41) is 0. The van der Waals surface area contributed by atoms with Gasteiger partial charge in [-0.25, -0.2) is 0 Å². The van der Waals surface area contributed by atoms with Crippen molar-refractivity contribution in [3.8, 4) is 0 Å². The number of anilines is 1. The average molecular weight is 262 g/mol. The third-order valence-electron chi connectivity index (χ3n) is 3.99. The number of morpholine rings is 1. The Morgan fingerprint density at radius 3 is 2.32 bits per heavy atom. The molecule has 1 aliphatic heterocycles. The van der Waals surface area contributed by atoms with Crippen LogP contribution in [0.3, 0.4) is 0 Å². The molecular weight excluding hydrogens is 240 g/mol. The Labute approximate surface area is 114 Å². The molecule has 4 heteroatoms. The van der Waals surface area contributed by atoms with Gasteiger partial charge in [0.05, 0.1) is 13.2 Å². The maximum atomic E-state index is 11.2. The lowest BCUT2D eigenvalue weighted by atomic mass is 9.88. The molecule has 104 valence electrons. The molecule has 0 aromatic heterocycles. The van der Waals surface area contributed by atoms with Gasteiger partial charge in [-0.2, -0.15) is 0 Å². The number of rotatable bonds is 4. The number of primary amides is 1. The number of nitrogens with two attached hydrogens (primary N) is 1. The van der Waals surface area contributed by atoms with Crippen molar-refractivity contribution < 1.29 is 9.53 Å². The normalized spacial score (nSPS) is 18.9. The largest absolute Gasteiger partial charge is 0.378 e. The van der Waals surface area contributed by atoms with E-state index < -0.39 is 0 Å². The molecule has 0 bridgehead atoms. The predicted molar refractivity (Wildman–Crippen MR) is 76.2 cm³/mol. The number of hydrogen-bond donors (Lipinski definition) is 1. The first-order chi connectivity index (χ1) is 9.09. The van der Waals surface area contributed by atoms with E-state index in [1.54, 1.807) is 0 Å². The summed E-state index contributed by atoms with van der Waals surface area (Å²) in [5.74, 6) is -0.241. The molecule has 1 aliphatic rings.